The smallest absolute Gasteiger partial charge is 0.356 e. The van der Waals surface area contributed by atoms with E-state index in [2.05, 4.69) is 10.4 Å². The number of hydrogen-bond donors (Lipinski definition) is 1. The van der Waals surface area contributed by atoms with Crippen LogP contribution in [0.5, 0.6) is 0 Å². The zero-order chi connectivity index (χ0) is 19.4. The Balaban J connectivity index is 1.48. The second-order valence-electron chi connectivity index (χ2n) is 6.73. The summed E-state index contributed by atoms with van der Waals surface area (Å²) >= 11 is 5.94. The van der Waals surface area contributed by atoms with Gasteiger partial charge in [0.05, 0.1) is 10.7 Å². The highest BCUT2D eigenvalue weighted by Crippen LogP contribution is 2.46. The fourth-order valence-electron chi connectivity index (χ4n) is 3.00. The molecular weight excluding hydrogens is 379 g/mol. The molecule has 3 rings (SSSR count). The van der Waals surface area contributed by atoms with Gasteiger partial charge in [-0.3, -0.25) is 9.48 Å². The quantitative estimate of drug-likeness (QED) is 0.661. The third-order valence-electron chi connectivity index (χ3n) is 4.52. The van der Waals surface area contributed by atoms with E-state index in [1.165, 1.54) is 4.68 Å². The summed E-state index contributed by atoms with van der Waals surface area (Å²) in [6.45, 7) is 0.678. The Labute approximate surface area is 160 Å². The number of aromatic nitrogens is 2. The van der Waals surface area contributed by atoms with Gasteiger partial charge in [-0.25, -0.2) is 0 Å². The van der Waals surface area contributed by atoms with Gasteiger partial charge in [0.2, 0.25) is 5.91 Å². The number of carbonyl (C=O) groups is 1. The normalized spacial score (nSPS) is 14.4. The molecule has 1 heterocycles. The average Bonchev–Trinajstić information content (AvgIpc) is 3.40. The van der Waals surface area contributed by atoms with Gasteiger partial charge in [0.1, 0.15) is 0 Å². The molecule has 1 amide bonds. The van der Waals surface area contributed by atoms with Gasteiger partial charge in [-0.15, -0.1) is 0 Å². The average molecular weight is 400 g/mol. The fourth-order valence-corrected chi connectivity index (χ4v) is 3.40. The van der Waals surface area contributed by atoms with Crippen molar-refractivity contribution >= 4 is 17.5 Å². The number of carbonyl (C=O) groups excluding carboxylic acids is 1. The van der Waals surface area contributed by atoms with Crippen LogP contribution in [0.25, 0.3) is 0 Å². The fraction of sp³-hybridized carbons (Fsp3) is 0.474. The van der Waals surface area contributed by atoms with Gasteiger partial charge in [-0.2, -0.15) is 18.3 Å². The van der Waals surface area contributed by atoms with Crippen molar-refractivity contribution in [2.45, 2.75) is 50.7 Å². The van der Waals surface area contributed by atoms with E-state index in [4.69, 9.17) is 11.6 Å². The van der Waals surface area contributed by atoms with Crippen molar-refractivity contribution in [1.29, 1.82) is 0 Å². The molecule has 1 aliphatic carbocycles. The molecule has 0 saturated heterocycles. The number of amides is 1. The van der Waals surface area contributed by atoms with Gasteiger partial charge in [-0.05, 0) is 31.2 Å². The molecule has 2 aromatic rings. The third-order valence-corrected chi connectivity index (χ3v) is 4.89. The predicted octanol–water partition coefficient (Wildman–Crippen LogP) is 4.57. The molecule has 0 atom stereocenters. The second kappa shape index (κ2) is 8.33. The molecule has 0 spiro atoms. The Bertz CT molecular complexity index is 785. The second-order valence-corrected chi connectivity index (χ2v) is 7.11. The van der Waals surface area contributed by atoms with Crippen molar-refractivity contribution in [2.75, 3.05) is 6.54 Å². The molecule has 4 nitrogen and oxygen atoms in total. The Morgan fingerprint density at radius 1 is 1.26 bits per heavy atom. The van der Waals surface area contributed by atoms with Crippen LogP contribution >= 0.6 is 11.6 Å². The lowest BCUT2D eigenvalue weighted by atomic mass is 10.1. The van der Waals surface area contributed by atoms with Gasteiger partial charge < -0.3 is 5.32 Å². The van der Waals surface area contributed by atoms with Crippen molar-refractivity contribution in [3.8, 4) is 0 Å². The lowest BCUT2D eigenvalue weighted by Crippen LogP contribution is -2.25. The van der Waals surface area contributed by atoms with Crippen molar-refractivity contribution in [3.63, 3.8) is 0 Å². The van der Waals surface area contributed by atoms with Gasteiger partial charge in [-0.1, -0.05) is 41.9 Å². The number of rotatable bonds is 8. The summed E-state index contributed by atoms with van der Waals surface area (Å²) in [5.41, 5.74) is 0.546. The molecule has 0 aliphatic heterocycles. The van der Waals surface area contributed by atoms with Crippen molar-refractivity contribution in [2.24, 2.45) is 0 Å². The maximum absolute atomic E-state index is 13.0. The summed E-state index contributed by atoms with van der Waals surface area (Å²) in [4.78, 5) is 11.9. The summed E-state index contributed by atoms with van der Waals surface area (Å²) in [6.07, 6.45) is -1.37. The van der Waals surface area contributed by atoms with E-state index in [1.54, 1.807) is 0 Å². The van der Waals surface area contributed by atoms with Crippen LogP contribution in [0.2, 0.25) is 5.02 Å². The van der Waals surface area contributed by atoms with Crippen molar-refractivity contribution in [1.82, 2.24) is 15.1 Å². The van der Waals surface area contributed by atoms with E-state index in [0.29, 0.717) is 38.0 Å². The number of nitrogens with zero attached hydrogens (tertiary/aromatic N) is 2. The number of benzene rings is 1. The van der Waals surface area contributed by atoms with E-state index in [-0.39, 0.29) is 16.8 Å². The zero-order valence-corrected chi connectivity index (χ0v) is 15.5. The van der Waals surface area contributed by atoms with E-state index in [0.717, 1.165) is 18.4 Å². The highest BCUT2D eigenvalue weighted by molar-refractivity contribution is 6.32. The highest BCUT2D eigenvalue weighted by atomic mass is 35.5. The van der Waals surface area contributed by atoms with Gasteiger partial charge in [0, 0.05) is 25.4 Å². The Kier molecular flexibility index (Phi) is 6.09. The summed E-state index contributed by atoms with van der Waals surface area (Å²) in [6, 6.07) is 9.70. The molecular formula is C19H21ClF3N3O. The summed E-state index contributed by atoms with van der Waals surface area (Å²) < 4.78 is 40.4. The lowest BCUT2D eigenvalue weighted by Gasteiger charge is -2.08. The van der Waals surface area contributed by atoms with Crippen LogP contribution in [0.15, 0.2) is 30.3 Å². The summed E-state index contributed by atoms with van der Waals surface area (Å²) in [5.74, 6) is -0.0164. The number of hydrogen-bond acceptors (Lipinski definition) is 2. The summed E-state index contributed by atoms with van der Waals surface area (Å²) in [7, 11) is 0. The van der Waals surface area contributed by atoms with E-state index >= 15 is 0 Å². The number of alkyl halides is 3. The summed E-state index contributed by atoms with van der Waals surface area (Å²) in [5, 5.41) is 6.21. The molecule has 1 aliphatic rings. The molecule has 8 heteroatoms. The van der Waals surface area contributed by atoms with Gasteiger partial charge in [0.25, 0.3) is 0 Å². The minimum absolute atomic E-state index is 0.0570. The van der Waals surface area contributed by atoms with Crippen LogP contribution in [-0.2, 0) is 23.9 Å². The van der Waals surface area contributed by atoms with Gasteiger partial charge >= 0.3 is 6.18 Å². The number of aryl methyl sites for hydroxylation is 2. The van der Waals surface area contributed by atoms with Gasteiger partial charge in [0.15, 0.2) is 5.69 Å². The van der Waals surface area contributed by atoms with Crippen molar-refractivity contribution in [3.05, 3.63) is 52.3 Å². The molecule has 1 N–H and O–H groups in total. The van der Waals surface area contributed by atoms with Crippen LogP contribution in [0, 0.1) is 0 Å². The minimum atomic E-state index is -4.56. The molecule has 146 valence electrons. The maximum Gasteiger partial charge on any atom is 0.436 e. The molecule has 1 aromatic carbocycles. The minimum Gasteiger partial charge on any atom is -0.356 e. The zero-order valence-electron chi connectivity index (χ0n) is 14.7. The van der Waals surface area contributed by atoms with Crippen LogP contribution in [0.3, 0.4) is 0 Å². The monoisotopic (exact) mass is 399 g/mol. The Hall–Kier alpha value is -2.02. The molecule has 0 unspecified atom stereocenters. The largest absolute Gasteiger partial charge is 0.436 e. The first kappa shape index (κ1) is 19.7. The topological polar surface area (TPSA) is 46.9 Å². The van der Waals surface area contributed by atoms with E-state index < -0.39 is 11.9 Å². The predicted molar refractivity (Wildman–Crippen MR) is 96.6 cm³/mol. The molecule has 0 radical (unpaired) electrons. The van der Waals surface area contributed by atoms with Crippen LogP contribution < -0.4 is 5.32 Å². The molecule has 1 fully saturated rings. The van der Waals surface area contributed by atoms with Crippen LogP contribution in [0.4, 0.5) is 13.2 Å². The lowest BCUT2D eigenvalue weighted by molar-refractivity contribution is -0.141. The first-order chi connectivity index (χ1) is 12.9. The van der Waals surface area contributed by atoms with E-state index in [1.807, 2.05) is 30.3 Å². The maximum atomic E-state index is 13.0. The Morgan fingerprint density at radius 3 is 2.59 bits per heavy atom. The number of halogens is 4. The molecule has 1 saturated carbocycles. The van der Waals surface area contributed by atoms with Crippen molar-refractivity contribution < 1.29 is 18.0 Å². The third kappa shape index (κ3) is 5.25. The highest BCUT2D eigenvalue weighted by Gasteiger charge is 2.41. The molecule has 0 bridgehead atoms. The molecule has 1 aromatic heterocycles. The SMILES string of the molecule is O=C(CCc1ccccc1)NCCCn1nc(C(F)(F)F)c(Cl)c1C1CC1. The number of nitrogens with one attached hydrogen (secondary N) is 1. The molecule has 27 heavy (non-hydrogen) atoms. The first-order valence-electron chi connectivity index (χ1n) is 9.00. The Morgan fingerprint density at radius 2 is 1.96 bits per heavy atom. The van der Waals surface area contributed by atoms with Crippen LogP contribution in [0.1, 0.15) is 48.6 Å². The standard InChI is InChI=1S/C19H21ClF3N3O/c20-16-17(14-8-9-14)26(25-18(16)19(21,22)23)12-4-11-24-15(27)10-7-13-5-2-1-3-6-13/h1-3,5-6,14H,4,7-12H2,(H,24,27). The first-order valence-corrected chi connectivity index (χ1v) is 9.38. The van der Waals surface area contributed by atoms with Crippen LogP contribution in [-0.4, -0.2) is 22.2 Å². The van der Waals surface area contributed by atoms with E-state index in [9.17, 15) is 18.0 Å².